The zero-order valence-corrected chi connectivity index (χ0v) is 16.6. The lowest BCUT2D eigenvalue weighted by molar-refractivity contribution is -0.117. The summed E-state index contributed by atoms with van der Waals surface area (Å²) in [6.45, 7) is 2.37. The van der Waals surface area contributed by atoms with Gasteiger partial charge in [0.05, 0.1) is 22.1 Å². The molecule has 1 N–H and O–H groups in total. The van der Waals surface area contributed by atoms with Gasteiger partial charge in [0, 0.05) is 24.3 Å². The van der Waals surface area contributed by atoms with Gasteiger partial charge in [-0.15, -0.1) is 0 Å². The minimum Gasteiger partial charge on any atom is -0.326 e. The van der Waals surface area contributed by atoms with Crippen LogP contribution < -0.4 is 10.2 Å². The molecule has 148 valence electrons. The Bertz CT molecular complexity index is 1060. The Hall–Kier alpha value is -2.45. The molecule has 2 amide bonds. The van der Waals surface area contributed by atoms with Crippen LogP contribution >= 0.6 is 11.6 Å². The van der Waals surface area contributed by atoms with Crippen molar-refractivity contribution in [3.8, 4) is 0 Å². The van der Waals surface area contributed by atoms with Crippen LogP contribution in [0.2, 0.25) is 5.02 Å². The van der Waals surface area contributed by atoms with Gasteiger partial charge in [0.2, 0.25) is 11.8 Å². The third kappa shape index (κ3) is 4.18. The molecule has 3 rings (SSSR count). The number of anilines is 2. The number of halogens is 2. The fourth-order valence-electron chi connectivity index (χ4n) is 3.04. The lowest BCUT2D eigenvalue weighted by Crippen LogP contribution is -2.25. The van der Waals surface area contributed by atoms with Gasteiger partial charge >= 0.3 is 0 Å². The topological polar surface area (TPSA) is 83.6 Å². The molecule has 1 heterocycles. The molecular weight excluding hydrogens is 407 g/mol. The number of nitrogens with one attached hydrogen (secondary N) is 1. The largest absolute Gasteiger partial charge is 0.326 e. The second kappa shape index (κ2) is 7.89. The number of benzene rings is 2. The molecule has 0 atom stereocenters. The Morgan fingerprint density at radius 2 is 2.00 bits per heavy atom. The summed E-state index contributed by atoms with van der Waals surface area (Å²) in [5.74, 6) is -1.60. The number of nitrogens with zero attached hydrogens (tertiary/aromatic N) is 1. The van der Waals surface area contributed by atoms with Crippen LogP contribution in [0.5, 0.6) is 0 Å². The lowest BCUT2D eigenvalue weighted by Gasteiger charge is -2.14. The van der Waals surface area contributed by atoms with Gasteiger partial charge in [0.15, 0.2) is 9.84 Å². The predicted octanol–water partition coefficient (Wildman–Crippen LogP) is 3.19. The Labute approximate surface area is 167 Å². The number of hydrogen-bond acceptors (Lipinski definition) is 4. The van der Waals surface area contributed by atoms with Crippen LogP contribution in [0.25, 0.3) is 0 Å². The van der Waals surface area contributed by atoms with Crippen molar-refractivity contribution in [3.05, 3.63) is 52.8 Å². The highest BCUT2D eigenvalue weighted by Crippen LogP contribution is 2.31. The summed E-state index contributed by atoms with van der Waals surface area (Å²) in [6.07, 6.45) is -0.104. The molecule has 0 radical (unpaired) electrons. The summed E-state index contributed by atoms with van der Waals surface area (Å²) in [5.41, 5.74) is 1.67. The van der Waals surface area contributed by atoms with Gasteiger partial charge in [0.25, 0.3) is 0 Å². The lowest BCUT2D eigenvalue weighted by atomic mass is 10.2. The molecule has 1 aliphatic rings. The predicted molar refractivity (Wildman–Crippen MR) is 105 cm³/mol. The minimum atomic E-state index is -3.70. The fraction of sp³-hybridized carbons (Fsp3) is 0.263. The minimum absolute atomic E-state index is 0.0654. The first-order valence-electron chi connectivity index (χ1n) is 8.62. The smallest absolute Gasteiger partial charge is 0.231 e. The first-order chi connectivity index (χ1) is 13.2. The highest BCUT2D eigenvalue weighted by Gasteiger charge is 2.28. The fourth-order valence-corrected chi connectivity index (χ4v) is 4.51. The van der Waals surface area contributed by atoms with Crippen molar-refractivity contribution in [1.82, 2.24) is 0 Å². The average Bonchev–Trinajstić information content (AvgIpc) is 2.97. The first-order valence-corrected chi connectivity index (χ1v) is 10.6. The Morgan fingerprint density at radius 3 is 2.68 bits per heavy atom. The SMILES string of the molecule is CCN1C(=O)Cc2cc(S(=O)(=O)CCC(=O)Nc3ccc(F)c(Cl)c3)ccc21. The second-order valence-corrected chi connectivity index (χ2v) is 8.87. The quantitative estimate of drug-likeness (QED) is 0.771. The summed E-state index contributed by atoms with van der Waals surface area (Å²) >= 11 is 5.65. The Kier molecular flexibility index (Phi) is 5.71. The van der Waals surface area contributed by atoms with Crippen LogP contribution in [0.15, 0.2) is 41.3 Å². The van der Waals surface area contributed by atoms with Crippen LogP contribution in [0, 0.1) is 5.82 Å². The summed E-state index contributed by atoms with van der Waals surface area (Å²) in [6, 6.07) is 8.27. The van der Waals surface area contributed by atoms with Crippen molar-refractivity contribution in [1.29, 1.82) is 0 Å². The molecule has 0 bridgehead atoms. The van der Waals surface area contributed by atoms with Gasteiger partial charge in [-0.1, -0.05) is 11.6 Å². The number of rotatable bonds is 6. The van der Waals surface area contributed by atoms with Gasteiger partial charge in [-0.3, -0.25) is 9.59 Å². The monoisotopic (exact) mass is 424 g/mol. The molecule has 9 heteroatoms. The average molecular weight is 425 g/mol. The Morgan fingerprint density at radius 1 is 1.25 bits per heavy atom. The summed E-state index contributed by atoms with van der Waals surface area (Å²) in [5, 5.41) is 2.35. The van der Waals surface area contributed by atoms with E-state index in [1.54, 1.807) is 11.0 Å². The van der Waals surface area contributed by atoms with Gasteiger partial charge in [-0.25, -0.2) is 12.8 Å². The molecule has 2 aromatic rings. The van der Waals surface area contributed by atoms with E-state index in [1.807, 2.05) is 6.92 Å². The molecule has 6 nitrogen and oxygen atoms in total. The summed E-state index contributed by atoms with van der Waals surface area (Å²) in [4.78, 5) is 25.7. The molecule has 0 aliphatic carbocycles. The summed E-state index contributed by atoms with van der Waals surface area (Å²) < 4.78 is 38.3. The van der Waals surface area contributed by atoms with E-state index in [4.69, 9.17) is 11.6 Å². The van der Waals surface area contributed by atoms with E-state index < -0.39 is 27.3 Å². The Balaban J connectivity index is 1.67. The molecule has 0 saturated heterocycles. The van der Waals surface area contributed by atoms with Crippen molar-refractivity contribution in [2.24, 2.45) is 0 Å². The maximum Gasteiger partial charge on any atom is 0.231 e. The van der Waals surface area contributed by atoms with E-state index in [9.17, 15) is 22.4 Å². The van der Waals surface area contributed by atoms with E-state index in [1.165, 1.54) is 24.3 Å². The highest BCUT2D eigenvalue weighted by atomic mass is 35.5. The maximum absolute atomic E-state index is 13.1. The number of carbonyl (C=O) groups excluding carboxylic acids is 2. The number of amides is 2. The zero-order chi connectivity index (χ0) is 20.5. The molecule has 0 spiro atoms. The summed E-state index contributed by atoms with van der Waals surface area (Å²) in [7, 11) is -3.70. The van der Waals surface area contributed by atoms with Gasteiger partial charge in [-0.2, -0.15) is 0 Å². The van der Waals surface area contributed by atoms with Crippen molar-refractivity contribution < 1.29 is 22.4 Å². The molecule has 0 fully saturated rings. The van der Waals surface area contributed by atoms with E-state index in [2.05, 4.69) is 5.32 Å². The molecule has 0 aromatic heterocycles. The molecule has 28 heavy (non-hydrogen) atoms. The number of carbonyl (C=O) groups is 2. The molecular formula is C19H18ClFN2O4S. The van der Waals surface area contributed by atoms with Crippen LogP contribution in [-0.2, 0) is 25.8 Å². The van der Waals surface area contributed by atoms with Crippen molar-refractivity contribution in [2.45, 2.75) is 24.7 Å². The molecule has 2 aromatic carbocycles. The third-order valence-corrected chi connectivity index (χ3v) is 6.46. The number of hydrogen-bond donors (Lipinski definition) is 1. The van der Waals surface area contributed by atoms with Crippen molar-refractivity contribution in [3.63, 3.8) is 0 Å². The molecule has 0 saturated carbocycles. The van der Waals surface area contributed by atoms with Gasteiger partial charge < -0.3 is 10.2 Å². The standard InChI is InChI=1S/C19H18ClFN2O4S/c1-2-23-17-6-4-14(9-12(17)10-19(23)25)28(26,27)8-7-18(24)22-13-3-5-16(21)15(20)11-13/h3-6,9,11H,2,7-8,10H2,1H3,(H,22,24). The van der Waals surface area contributed by atoms with E-state index in [0.717, 1.165) is 11.8 Å². The number of fused-ring (bicyclic) bond motifs is 1. The van der Waals surface area contributed by atoms with Crippen molar-refractivity contribution >= 4 is 44.6 Å². The zero-order valence-electron chi connectivity index (χ0n) is 15.0. The number of sulfone groups is 1. The maximum atomic E-state index is 13.1. The normalized spacial score (nSPS) is 13.5. The van der Waals surface area contributed by atoms with Crippen LogP contribution in [0.1, 0.15) is 18.9 Å². The van der Waals surface area contributed by atoms with Crippen LogP contribution in [0.4, 0.5) is 15.8 Å². The van der Waals surface area contributed by atoms with Crippen LogP contribution in [0.3, 0.4) is 0 Å². The van der Waals surface area contributed by atoms with E-state index in [0.29, 0.717) is 12.1 Å². The molecule has 1 aliphatic heterocycles. The van der Waals surface area contributed by atoms with Gasteiger partial charge in [-0.05, 0) is 48.9 Å². The van der Waals surface area contributed by atoms with Crippen molar-refractivity contribution in [2.75, 3.05) is 22.5 Å². The van der Waals surface area contributed by atoms with Gasteiger partial charge in [0.1, 0.15) is 5.82 Å². The van der Waals surface area contributed by atoms with E-state index >= 15 is 0 Å². The number of likely N-dealkylation sites (N-methyl/N-ethyl adjacent to an activating group) is 1. The second-order valence-electron chi connectivity index (χ2n) is 6.35. The highest BCUT2D eigenvalue weighted by molar-refractivity contribution is 7.91. The third-order valence-electron chi connectivity index (χ3n) is 4.46. The van der Waals surface area contributed by atoms with Crippen LogP contribution in [-0.4, -0.2) is 32.5 Å². The van der Waals surface area contributed by atoms with E-state index in [-0.39, 0.29) is 34.4 Å². The first kappa shape index (κ1) is 20.3. The molecule has 0 unspecified atom stereocenters.